The van der Waals surface area contributed by atoms with Gasteiger partial charge in [-0.25, -0.2) is 0 Å². The number of thiophene rings is 1. The lowest BCUT2D eigenvalue weighted by Gasteiger charge is -2.15. The molecule has 0 aliphatic carbocycles. The van der Waals surface area contributed by atoms with Gasteiger partial charge in [0.1, 0.15) is 0 Å². The number of hydrogen-bond acceptors (Lipinski definition) is 3. The Labute approximate surface area is 111 Å². The fraction of sp³-hybridized carbons (Fsp3) is 0.667. The van der Waals surface area contributed by atoms with E-state index in [9.17, 15) is 0 Å². The van der Waals surface area contributed by atoms with Gasteiger partial charge in [-0.15, -0.1) is 11.3 Å². The van der Waals surface area contributed by atoms with Gasteiger partial charge < -0.3 is 10.2 Å². The van der Waals surface area contributed by atoms with E-state index in [4.69, 9.17) is 0 Å². The number of nitrogens with zero attached hydrogens (tertiary/aromatic N) is 1. The Kier molecular flexibility index (Phi) is 7.28. The van der Waals surface area contributed by atoms with Gasteiger partial charge in [-0.3, -0.25) is 0 Å². The third kappa shape index (κ3) is 5.99. The maximum Gasteiger partial charge on any atom is 0.0325 e. The van der Waals surface area contributed by atoms with E-state index in [1.165, 1.54) is 22.2 Å². The van der Waals surface area contributed by atoms with Gasteiger partial charge in [0.25, 0.3) is 0 Å². The van der Waals surface area contributed by atoms with Crippen molar-refractivity contribution in [2.24, 2.45) is 0 Å². The quantitative estimate of drug-likeness (QED) is 0.741. The van der Waals surface area contributed by atoms with E-state index < -0.39 is 0 Å². The van der Waals surface area contributed by atoms with Crippen molar-refractivity contribution < 1.29 is 0 Å². The molecule has 0 aliphatic rings. The third-order valence-electron chi connectivity index (χ3n) is 2.37. The van der Waals surface area contributed by atoms with E-state index in [2.05, 4.69) is 51.6 Å². The summed E-state index contributed by atoms with van der Waals surface area (Å²) in [5.74, 6) is 0. The van der Waals surface area contributed by atoms with Crippen molar-refractivity contribution in [3.05, 3.63) is 20.8 Å². The standard InChI is InChI=1S/C12H21BrN2S/c1-3-5-14-6-4-7-15(2)9-12-8-11(13)10-16-12/h8,10,14H,3-7,9H2,1-2H3. The second kappa shape index (κ2) is 8.23. The molecule has 0 bridgehead atoms. The van der Waals surface area contributed by atoms with Gasteiger partial charge in [0.05, 0.1) is 0 Å². The van der Waals surface area contributed by atoms with E-state index in [1.54, 1.807) is 0 Å². The molecule has 0 atom stereocenters. The molecule has 1 rings (SSSR count). The highest BCUT2D eigenvalue weighted by atomic mass is 79.9. The van der Waals surface area contributed by atoms with Crippen LogP contribution in [0.15, 0.2) is 15.9 Å². The molecule has 0 fully saturated rings. The smallest absolute Gasteiger partial charge is 0.0325 e. The van der Waals surface area contributed by atoms with E-state index >= 15 is 0 Å². The fourth-order valence-corrected chi connectivity index (χ4v) is 3.09. The van der Waals surface area contributed by atoms with Gasteiger partial charge in [-0.2, -0.15) is 0 Å². The fourth-order valence-electron chi connectivity index (χ4n) is 1.56. The molecule has 0 unspecified atom stereocenters. The van der Waals surface area contributed by atoms with E-state index in [0.29, 0.717) is 0 Å². The molecule has 0 spiro atoms. The highest BCUT2D eigenvalue weighted by Gasteiger charge is 2.02. The van der Waals surface area contributed by atoms with E-state index in [1.807, 2.05) is 11.3 Å². The van der Waals surface area contributed by atoms with Crippen molar-refractivity contribution >= 4 is 27.3 Å². The Morgan fingerprint density at radius 2 is 2.25 bits per heavy atom. The van der Waals surface area contributed by atoms with Crippen LogP contribution in [-0.4, -0.2) is 31.6 Å². The predicted octanol–water partition coefficient (Wildman–Crippen LogP) is 3.33. The van der Waals surface area contributed by atoms with Crippen molar-refractivity contribution in [3.63, 3.8) is 0 Å². The summed E-state index contributed by atoms with van der Waals surface area (Å²) in [5.41, 5.74) is 0. The summed E-state index contributed by atoms with van der Waals surface area (Å²) in [4.78, 5) is 3.81. The topological polar surface area (TPSA) is 15.3 Å². The van der Waals surface area contributed by atoms with Crippen LogP contribution in [-0.2, 0) is 6.54 Å². The van der Waals surface area contributed by atoms with E-state index in [-0.39, 0.29) is 0 Å². The van der Waals surface area contributed by atoms with Crippen molar-refractivity contribution in [1.29, 1.82) is 0 Å². The molecule has 0 saturated heterocycles. The lowest BCUT2D eigenvalue weighted by atomic mass is 10.3. The largest absolute Gasteiger partial charge is 0.317 e. The van der Waals surface area contributed by atoms with Gasteiger partial charge >= 0.3 is 0 Å². The molecule has 0 saturated carbocycles. The number of rotatable bonds is 8. The minimum Gasteiger partial charge on any atom is -0.317 e. The van der Waals surface area contributed by atoms with Gasteiger partial charge in [0, 0.05) is 21.3 Å². The minimum atomic E-state index is 1.06. The molecule has 0 amide bonds. The van der Waals surface area contributed by atoms with Crippen LogP contribution in [0.3, 0.4) is 0 Å². The Morgan fingerprint density at radius 1 is 1.44 bits per heavy atom. The van der Waals surface area contributed by atoms with Crippen molar-refractivity contribution in [3.8, 4) is 0 Å². The first-order valence-corrected chi connectivity index (χ1v) is 7.51. The molecule has 0 aromatic carbocycles. The molecule has 16 heavy (non-hydrogen) atoms. The SMILES string of the molecule is CCCNCCCN(C)Cc1cc(Br)cs1. The Balaban J connectivity index is 2.09. The number of hydrogen-bond donors (Lipinski definition) is 1. The first-order chi connectivity index (χ1) is 7.72. The van der Waals surface area contributed by atoms with Crippen LogP contribution in [0.25, 0.3) is 0 Å². The maximum atomic E-state index is 3.49. The predicted molar refractivity (Wildman–Crippen MR) is 76.1 cm³/mol. The second-order valence-corrected chi connectivity index (χ2v) is 5.98. The molecular weight excluding hydrogens is 284 g/mol. The summed E-state index contributed by atoms with van der Waals surface area (Å²) in [5, 5.41) is 5.57. The second-order valence-electron chi connectivity index (χ2n) is 4.07. The summed E-state index contributed by atoms with van der Waals surface area (Å²) in [7, 11) is 2.19. The van der Waals surface area contributed by atoms with Crippen LogP contribution in [0, 0.1) is 0 Å². The summed E-state index contributed by atoms with van der Waals surface area (Å²) in [6.45, 7) is 6.69. The number of halogens is 1. The average molecular weight is 305 g/mol. The molecular formula is C12H21BrN2S. The van der Waals surface area contributed by atoms with Gasteiger partial charge in [-0.1, -0.05) is 6.92 Å². The molecule has 0 radical (unpaired) electrons. The molecule has 2 nitrogen and oxygen atoms in total. The Hall–Kier alpha value is 0.1000. The van der Waals surface area contributed by atoms with Crippen molar-refractivity contribution in [2.45, 2.75) is 26.3 Å². The van der Waals surface area contributed by atoms with Gasteiger partial charge in [0.15, 0.2) is 0 Å². The monoisotopic (exact) mass is 304 g/mol. The maximum absolute atomic E-state index is 3.49. The molecule has 1 aromatic heterocycles. The third-order valence-corrected chi connectivity index (χ3v) is 4.05. The average Bonchev–Trinajstić information content (AvgIpc) is 2.63. The minimum absolute atomic E-state index is 1.06. The summed E-state index contributed by atoms with van der Waals surface area (Å²) in [6, 6.07) is 2.20. The molecule has 1 heterocycles. The van der Waals surface area contributed by atoms with Crippen molar-refractivity contribution in [1.82, 2.24) is 10.2 Å². The molecule has 92 valence electrons. The normalized spacial score (nSPS) is 11.2. The lowest BCUT2D eigenvalue weighted by molar-refractivity contribution is 0.322. The Morgan fingerprint density at radius 3 is 2.88 bits per heavy atom. The highest BCUT2D eigenvalue weighted by molar-refractivity contribution is 9.10. The zero-order valence-corrected chi connectivity index (χ0v) is 12.5. The van der Waals surface area contributed by atoms with Crippen LogP contribution in [0.4, 0.5) is 0 Å². The highest BCUT2D eigenvalue weighted by Crippen LogP contribution is 2.20. The van der Waals surface area contributed by atoms with Crippen LogP contribution in [0.5, 0.6) is 0 Å². The molecule has 1 N–H and O–H groups in total. The molecule has 1 aromatic rings. The first kappa shape index (κ1) is 14.2. The number of nitrogens with one attached hydrogen (secondary N) is 1. The summed E-state index contributed by atoms with van der Waals surface area (Å²) in [6.07, 6.45) is 2.45. The lowest BCUT2D eigenvalue weighted by Crippen LogP contribution is -2.23. The van der Waals surface area contributed by atoms with Gasteiger partial charge in [-0.05, 0) is 61.5 Å². The van der Waals surface area contributed by atoms with Gasteiger partial charge in [0.2, 0.25) is 0 Å². The molecule has 0 aliphatic heterocycles. The summed E-state index contributed by atoms with van der Waals surface area (Å²) >= 11 is 5.31. The van der Waals surface area contributed by atoms with Crippen LogP contribution >= 0.6 is 27.3 Å². The zero-order chi connectivity index (χ0) is 11.8. The summed E-state index contributed by atoms with van der Waals surface area (Å²) < 4.78 is 1.20. The Bertz CT molecular complexity index is 288. The van der Waals surface area contributed by atoms with Crippen LogP contribution in [0.2, 0.25) is 0 Å². The van der Waals surface area contributed by atoms with Crippen LogP contribution in [0.1, 0.15) is 24.6 Å². The first-order valence-electron chi connectivity index (χ1n) is 5.84. The van der Waals surface area contributed by atoms with Crippen LogP contribution < -0.4 is 5.32 Å². The van der Waals surface area contributed by atoms with E-state index in [0.717, 1.165) is 26.2 Å². The zero-order valence-electron chi connectivity index (χ0n) is 10.1. The van der Waals surface area contributed by atoms with Crippen molar-refractivity contribution in [2.75, 3.05) is 26.7 Å². The molecule has 4 heteroatoms.